The SMILES string of the molecule is Cc1cc(C)n(CCC(=O)N2CCC[C@H](n3ccnc3)C2)n1. The zero-order valence-corrected chi connectivity index (χ0v) is 13.3. The molecular weight excluding hydrogens is 278 g/mol. The van der Waals surface area contributed by atoms with Gasteiger partial charge in [0.25, 0.3) is 0 Å². The van der Waals surface area contributed by atoms with Crippen molar-refractivity contribution in [1.82, 2.24) is 24.2 Å². The first-order valence-electron chi connectivity index (χ1n) is 7.90. The van der Waals surface area contributed by atoms with Crippen molar-refractivity contribution >= 4 is 5.91 Å². The van der Waals surface area contributed by atoms with E-state index in [-0.39, 0.29) is 5.91 Å². The second-order valence-corrected chi connectivity index (χ2v) is 6.05. The lowest BCUT2D eigenvalue weighted by atomic mass is 10.1. The van der Waals surface area contributed by atoms with Crippen LogP contribution in [0, 0.1) is 13.8 Å². The van der Waals surface area contributed by atoms with Crippen molar-refractivity contribution in [2.75, 3.05) is 13.1 Å². The van der Waals surface area contributed by atoms with Crippen molar-refractivity contribution in [3.05, 3.63) is 36.2 Å². The Bertz CT molecular complexity index is 631. The Morgan fingerprint density at radius 2 is 2.27 bits per heavy atom. The number of imidazole rings is 1. The van der Waals surface area contributed by atoms with Gasteiger partial charge in [-0.15, -0.1) is 0 Å². The highest BCUT2D eigenvalue weighted by atomic mass is 16.2. The van der Waals surface area contributed by atoms with Crippen LogP contribution in [0.1, 0.15) is 36.7 Å². The molecule has 3 heterocycles. The topological polar surface area (TPSA) is 56.0 Å². The maximum absolute atomic E-state index is 12.5. The van der Waals surface area contributed by atoms with E-state index in [1.165, 1.54) is 0 Å². The number of hydrogen-bond acceptors (Lipinski definition) is 3. The second-order valence-electron chi connectivity index (χ2n) is 6.05. The van der Waals surface area contributed by atoms with E-state index < -0.39 is 0 Å². The molecule has 0 radical (unpaired) electrons. The van der Waals surface area contributed by atoms with Crippen LogP contribution in [0.5, 0.6) is 0 Å². The molecule has 0 saturated carbocycles. The Balaban J connectivity index is 1.56. The average Bonchev–Trinajstić information content (AvgIpc) is 3.15. The molecule has 1 aliphatic heterocycles. The quantitative estimate of drug-likeness (QED) is 0.867. The van der Waals surface area contributed by atoms with Crippen molar-refractivity contribution < 1.29 is 4.79 Å². The Kier molecular flexibility index (Phi) is 4.27. The van der Waals surface area contributed by atoms with Crippen LogP contribution in [0.25, 0.3) is 0 Å². The van der Waals surface area contributed by atoms with Crippen LogP contribution in [0.4, 0.5) is 0 Å². The lowest BCUT2D eigenvalue weighted by Crippen LogP contribution is -2.40. The zero-order chi connectivity index (χ0) is 15.5. The molecule has 1 atom stereocenters. The highest BCUT2D eigenvalue weighted by molar-refractivity contribution is 5.76. The Morgan fingerprint density at radius 1 is 1.41 bits per heavy atom. The minimum atomic E-state index is 0.220. The summed E-state index contributed by atoms with van der Waals surface area (Å²) in [4.78, 5) is 18.6. The molecule has 1 fully saturated rings. The molecule has 6 heteroatoms. The van der Waals surface area contributed by atoms with Crippen molar-refractivity contribution in [3.8, 4) is 0 Å². The Hall–Kier alpha value is -2.11. The molecule has 1 amide bonds. The molecule has 0 bridgehead atoms. The minimum absolute atomic E-state index is 0.220. The van der Waals surface area contributed by atoms with Crippen LogP contribution in [0.3, 0.4) is 0 Å². The van der Waals surface area contributed by atoms with Gasteiger partial charge in [-0.3, -0.25) is 9.48 Å². The van der Waals surface area contributed by atoms with Gasteiger partial charge in [0.1, 0.15) is 0 Å². The molecule has 22 heavy (non-hydrogen) atoms. The molecule has 6 nitrogen and oxygen atoms in total. The van der Waals surface area contributed by atoms with Crippen LogP contribution in [-0.4, -0.2) is 43.2 Å². The second kappa shape index (κ2) is 6.34. The number of carbonyl (C=O) groups excluding carboxylic acids is 1. The standard InChI is InChI=1S/C16H23N5O/c1-13-10-14(2)21(18-13)8-5-16(22)19-7-3-4-15(11-19)20-9-6-17-12-20/h6,9-10,12,15H,3-5,7-8,11H2,1-2H3/t15-/m0/s1. The van der Waals surface area contributed by atoms with E-state index in [2.05, 4.69) is 14.6 Å². The van der Waals surface area contributed by atoms with Gasteiger partial charge in [0.05, 0.1) is 18.1 Å². The number of rotatable bonds is 4. The summed E-state index contributed by atoms with van der Waals surface area (Å²) in [7, 11) is 0. The van der Waals surface area contributed by atoms with Gasteiger partial charge in [-0.2, -0.15) is 5.10 Å². The Morgan fingerprint density at radius 3 is 2.95 bits per heavy atom. The third-order valence-electron chi connectivity index (χ3n) is 4.34. The molecule has 0 aromatic carbocycles. The third kappa shape index (κ3) is 3.21. The average molecular weight is 301 g/mol. The number of hydrogen-bond donors (Lipinski definition) is 0. The van der Waals surface area contributed by atoms with E-state index in [9.17, 15) is 4.79 Å². The fourth-order valence-electron chi connectivity index (χ4n) is 3.17. The van der Waals surface area contributed by atoms with E-state index in [0.29, 0.717) is 19.0 Å². The molecule has 118 valence electrons. The summed E-state index contributed by atoms with van der Waals surface area (Å²) in [5.41, 5.74) is 2.11. The van der Waals surface area contributed by atoms with Gasteiger partial charge in [0, 0.05) is 44.1 Å². The maximum Gasteiger partial charge on any atom is 0.224 e. The molecule has 0 unspecified atom stereocenters. The van der Waals surface area contributed by atoms with E-state index >= 15 is 0 Å². The van der Waals surface area contributed by atoms with Crippen molar-refractivity contribution in [1.29, 1.82) is 0 Å². The van der Waals surface area contributed by atoms with E-state index in [4.69, 9.17) is 0 Å². The van der Waals surface area contributed by atoms with Gasteiger partial charge in [0.2, 0.25) is 5.91 Å². The highest BCUT2D eigenvalue weighted by Gasteiger charge is 2.24. The van der Waals surface area contributed by atoms with Crippen LogP contribution in [0.2, 0.25) is 0 Å². The summed E-state index contributed by atoms with van der Waals surface area (Å²) in [5, 5.41) is 4.42. The number of amides is 1. The van der Waals surface area contributed by atoms with Crippen molar-refractivity contribution in [2.45, 2.75) is 45.7 Å². The van der Waals surface area contributed by atoms with Crippen LogP contribution in [0.15, 0.2) is 24.8 Å². The van der Waals surface area contributed by atoms with E-state index in [1.54, 1.807) is 6.20 Å². The molecular formula is C16H23N5O. The summed E-state index contributed by atoms with van der Waals surface area (Å²) in [6.07, 6.45) is 8.29. The molecule has 0 aliphatic carbocycles. The lowest BCUT2D eigenvalue weighted by Gasteiger charge is -2.33. The summed E-state index contributed by atoms with van der Waals surface area (Å²) < 4.78 is 4.03. The number of aromatic nitrogens is 4. The van der Waals surface area contributed by atoms with Crippen LogP contribution in [-0.2, 0) is 11.3 Å². The molecule has 2 aromatic heterocycles. The Labute approximate surface area is 130 Å². The molecule has 0 spiro atoms. The smallest absolute Gasteiger partial charge is 0.224 e. The fraction of sp³-hybridized carbons (Fsp3) is 0.562. The predicted molar refractivity (Wildman–Crippen MR) is 83.4 cm³/mol. The summed E-state index contributed by atoms with van der Waals surface area (Å²) >= 11 is 0. The van der Waals surface area contributed by atoms with Gasteiger partial charge in [-0.05, 0) is 32.8 Å². The summed E-state index contributed by atoms with van der Waals surface area (Å²) in [6, 6.07) is 2.40. The highest BCUT2D eigenvalue weighted by Crippen LogP contribution is 2.21. The third-order valence-corrected chi connectivity index (χ3v) is 4.34. The normalized spacial score (nSPS) is 18.6. The van der Waals surface area contributed by atoms with Gasteiger partial charge in [0.15, 0.2) is 0 Å². The number of nitrogens with zero attached hydrogens (tertiary/aromatic N) is 5. The van der Waals surface area contributed by atoms with Crippen molar-refractivity contribution in [3.63, 3.8) is 0 Å². The zero-order valence-electron chi connectivity index (χ0n) is 13.3. The summed E-state index contributed by atoms with van der Waals surface area (Å²) in [6.45, 7) is 6.31. The minimum Gasteiger partial charge on any atom is -0.341 e. The first kappa shape index (κ1) is 14.8. The number of carbonyl (C=O) groups is 1. The molecule has 0 N–H and O–H groups in total. The lowest BCUT2D eigenvalue weighted by molar-refractivity contribution is -0.133. The number of piperidine rings is 1. The molecule has 1 aliphatic rings. The van der Waals surface area contributed by atoms with Gasteiger partial charge < -0.3 is 9.47 Å². The molecule has 1 saturated heterocycles. The van der Waals surface area contributed by atoms with E-state index in [0.717, 1.165) is 37.3 Å². The summed E-state index contributed by atoms with van der Waals surface area (Å²) in [5.74, 6) is 0.220. The number of aryl methyl sites for hydroxylation is 3. The fourth-order valence-corrected chi connectivity index (χ4v) is 3.17. The van der Waals surface area contributed by atoms with Crippen LogP contribution >= 0.6 is 0 Å². The van der Waals surface area contributed by atoms with Gasteiger partial charge in [-0.25, -0.2) is 4.98 Å². The largest absolute Gasteiger partial charge is 0.341 e. The van der Waals surface area contributed by atoms with Gasteiger partial charge in [-0.1, -0.05) is 0 Å². The first-order valence-corrected chi connectivity index (χ1v) is 7.90. The maximum atomic E-state index is 12.5. The van der Waals surface area contributed by atoms with E-state index in [1.807, 2.05) is 42.0 Å². The first-order chi connectivity index (χ1) is 10.6. The van der Waals surface area contributed by atoms with Gasteiger partial charge >= 0.3 is 0 Å². The van der Waals surface area contributed by atoms with Crippen molar-refractivity contribution in [2.24, 2.45) is 0 Å². The number of likely N-dealkylation sites (tertiary alicyclic amines) is 1. The monoisotopic (exact) mass is 301 g/mol. The molecule has 2 aromatic rings. The predicted octanol–water partition coefficient (Wildman–Crippen LogP) is 1.95. The van der Waals surface area contributed by atoms with Crippen LogP contribution < -0.4 is 0 Å². The molecule has 3 rings (SSSR count).